The van der Waals surface area contributed by atoms with E-state index in [1.165, 1.54) is 0 Å². The van der Waals surface area contributed by atoms with E-state index in [2.05, 4.69) is 10.6 Å². The van der Waals surface area contributed by atoms with E-state index in [9.17, 15) is 14.4 Å². The third-order valence-corrected chi connectivity index (χ3v) is 6.51. The van der Waals surface area contributed by atoms with Gasteiger partial charge in [0.1, 0.15) is 6.04 Å². The summed E-state index contributed by atoms with van der Waals surface area (Å²) in [4.78, 5) is 40.9. The lowest BCUT2D eigenvalue weighted by molar-refractivity contribution is -0.124. The molecule has 4 rings (SSSR count). The standard InChI is InChI=1S/C29H31N3O3/c1-21-12-14-25(15-13-21)29(35)32-18-16-23(17-19-32)26(31-27(33)24-10-6-3-7-11-24)28(34)30-20-22-8-4-2-5-9-22/h2-15,23,26H,16-20H2,1H3,(H,30,34)(H,31,33)/t26-/m1/s1. The number of amides is 3. The van der Waals surface area contributed by atoms with Gasteiger partial charge in [0.05, 0.1) is 0 Å². The van der Waals surface area contributed by atoms with Gasteiger partial charge in [-0.1, -0.05) is 66.2 Å². The summed E-state index contributed by atoms with van der Waals surface area (Å²) >= 11 is 0. The molecular formula is C29H31N3O3. The Morgan fingerprint density at radius 1 is 0.829 bits per heavy atom. The molecule has 0 aliphatic carbocycles. The summed E-state index contributed by atoms with van der Waals surface area (Å²) in [6.45, 7) is 3.47. The third kappa shape index (κ3) is 6.35. The van der Waals surface area contributed by atoms with E-state index >= 15 is 0 Å². The number of hydrogen-bond donors (Lipinski definition) is 2. The second-order valence-corrected chi connectivity index (χ2v) is 9.02. The number of likely N-dealkylation sites (tertiary alicyclic amines) is 1. The Morgan fingerprint density at radius 3 is 2.06 bits per heavy atom. The van der Waals surface area contributed by atoms with Crippen LogP contribution >= 0.6 is 0 Å². The number of rotatable bonds is 7. The summed E-state index contributed by atoms with van der Waals surface area (Å²) in [5.41, 5.74) is 3.29. The van der Waals surface area contributed by atoms with Gasteiger partial charge in [-0.25, -0.2) is 0 Å². The Hall–Kier alpha value is -3.93. The smallest absolute Gasteiger partial charge is 0.253 e. The summed E-state index contributed by atoms with van der Waals surface area (Å²) in [7, 11) is 0. The molecule has 1 aliphatic heterocycles. The Kier molecular flexibility index (Phi) is 7.93. The van der Waals surface area contributed by atoms with Crippen LogP contribution in [0.5, 0.6) is 0 Å². The summed E-state index contributed by atoms with van der Waals surface area (Å²) in [6.07, 6.45) is 1.27. The Morgan fingerprint density at radius 2 is 1.43 bits per heavy atom. The Bertz CT molecular complexity index is 1140. The molecule has 180 valence electrons. The zero-order chi connectivity index (χ0) is 24.6. The van der Waals surface area contributed by atoms with Gasteiger partial charge in [0, 0.05) is 30.8 Å². The van der Waals surface area contributed by atoms with E-state index < -0.39 is 6.04 Å². The molecule has 0 saturated carbocycles. The van der Waals surface area contributed by atoms with Crippen LogP contribution in [-0.2, 0) is 11.3 Å². The average molecular weight is 470 g/mol. The van der Waals surface area contributed by atoms with Crippen molar-refractivity contribution in [3.63, 3.8) is 0 Å². The first-order valence-corrected chi connectivity index (χ1v) is 12.0. The van der Waals surface area contributed by atoms with Crippen LogP contribution in [0.2, 0.25) is 0 Å². The molecular weight excluding hydrogens is 438 g/mol. The van der Waals surface area contributed by atoms with Crippen LogP contribution in [0, 0.1) is 12.8 Å². The molecule has 0 spiro atoms. The number of carbonyl (C=O) groups is 3. The molecule has 1 aliphatic rings. The van der Waals surface area contributed by atoms with Crippen molar-refractivity contribution in [1.82, 2.24) is 15.5 Å². The van der Waals surface area contributed by atoms with Crippen LogP contribution in [0.15, 0.2) is 84.9 Å². The molecule has 1 fully saturated rings. The fraction of sp³-hybridized carbons (Fsp3) is 0.276. The second-order valence-electron chi connectivity index (χ2n) is 9.02. The predicted molar refractivity (Wildman–Crippen MR) is 136 cm³/mol. The maximum atomic E-state index is 13.2. The molecule has 3 amide bonds. The minimum Gasteiger partial charge on any atom is -0.350 e. The van der Waals surface area contributed by atoms with E-state index in [-0.39, 0.29) is 23.6 Å². The molecule has 0 bridgehead atoms. The quantitative estimate of drug-likeness (QED) is 0.550. The van der Waals surface area contributed by atoms with Crippen molar-refractivity contribution < 1.29 is 14.4 Å². The van der Waals surface area contributed by atoms with Crippen LogP contribution in [0.4, 0.5) is 0 Å². The SMILES string of the molecule is Cc1ccc(C(=O)N2CCC([C@@H](NC(=O)c3ccccc3)C(=O)NCc3ccccc3)CC2)cc1. The molecule has 6 nitrogen and oxygen atoms in total. The molecule has 0 unspecified atom stereocenters. The highest BCUT2D eigenvalue weighted by Gasteiger charge is 2.34. The van der Waals surface area contributed by atoms with Crippen LogP contribution in [-0.4, -0.2) is 41.8 Å². The molecule has 6 heteroatoms. The first kappa shape index (κ1) is 24.2. The Balaban J connectivity index is 1.43. The number of piperidine rings is 1. The molecule has 3 aromatic carbocycles. The highest BCUT2D eigenvalue weighted by molar-refractivity contribution is 5.97. The van der Waals surface area contributed by atoms with E-state index in [4.69, 9.17) is 0 Å². The number of nitrogens with zero attached hydrogens (tertiary/aromatic N) is 1. The fourth-order valence-corrected chi connectivity index (χ4v) is 4.42. The number of hydrogen-bond acceptors (Lipinski definition) is 3. The minimum atomic E-state index is -0.678. The highest BCUT2D eigenvalue weighted by Crippen LogP contribution is 2.23. The van der Waals surface area contributed by atoms with Gasteiger partial charge in [0.25, 0.3) is 11.8 Å². The van der Waals surface area contributed by atoms with Crippen LogP contribution < -0.4 is 10.6 Å². The number of benzene rings is 3. The van der Waals surface area contributed by atoms with Crippen molar-refractivity contribution in [2.24, 2.45) is 5.92 Å². The van der Waals surface area contributed by atoms with E-state index in [1.54, 1.807) is 24.3 Å². The minimum absolute atomic E-state index is 0.00171. The van der Waals surface area contributed by atoms with Gasteiger partial charge < -0.3 is 15.5 Å². The van der Waals surface area contributed by atoms with Gasteiger partial charge in [0.2, 0.25) is 5.91 Å². The Labute approximate surface area is 206 Å². The monoisotopic (exact) mass is 469 g/mol. The van der Waals surface area contributed by atoms with Gasteiger partial charge in [-0.2, -0.15) is 0 Å². The maximum absolute atomic E-state index is 13.2. The summed E-state index contributed by atoms with van der Waals surface area (Å²) in [5, 5.41) is 5.95. The molecule has 1 heterocycles. The second kappa shape index (κ2) is 11.5. The highest BCUT2D eigenvalue weighted by atomic mass is 16.2. The van der Waals surface area contributed by atoms with Gasteiger partial charge in [0.15, 0.2) is 0 Å². The van der Waals surface area contributed by atoms with Crippen LogP contribution in [0.3, 0.4) is 0 Å². The normalized spacial score (nSPS) is 14.7. The van der Waals surface area contributed by atoms with E-state index in [1.807, 2.05) is 72.5 Å². The topological polar surface area (TPSA) is 78.5 Å². The maximum Gasteiger partial charge on any atom is 0.253 e. The molecule has 3 aromatic rings. The van der Waals surface area contributed by atoms with Crippen molar-refractivity contribution in [3.05, 3.63) is 107 Å². The lowest BCUT2D eigenvalue weighted by Crippen LogP contribution is -2.53. The van der Waals surface area contributed by atoms with E-state index in [0.717, 1.165) is 11.1 Å². The van der Waals surface area contributed by atoms with Gasteiger partial charge in [-0.3, -0.25) is 14.4 Å². The number of carbonyl (C=O) groups excluding carboxylic acids is 3. The van der Waals surface area contributed by atoms with Crippen molar-refractivity contribution in [3.8, 4) is 0 Å². The summed E-state index contributed by atoms with van der Waals surface area (Å²) in [6, 6.07) is 25.5. The largest absolute Gasteiger partial charge is 0.350 e. The molecule has 2 N–H and O–H groups in total. The van der Waals surface area contributed by atoms with Crippen LogP contribution in [0.25, 0.3) is 0 Å². The van der Waals surface area contributed by atoms with Crippen molar-refractivity contribution in [2.45, 2.75) is 32.4 Å². The number of aryl methyl sites for hydroxylation is 1. The molecule has 1 atom stereocenters. The molecule has 35 heavy (non-hydrogen) atoms. The lowest BCUT2D eigenvalue weighted by Gasteiger charge is -2.36. The number of nitrogens with one attached hydrogen (secondary N) is 2. The van der Waals surface area contributed by atoms with Crippen molar-refractivity contribution in [1.29, 1.82) is 0 Å². The molecule has 0 aromatic heterocycles. The summed E-state index contributed by atoms with van der Waals surface area (Å²) < 4.78 is 0. The van der Waals surface area contributed by atoms with E-state index in [0.29, 0.717) is 43.6 Å². The fourth-order valence-electron chi connectivity index (χ4n) is 4.42. The predicted octanol–water partition coefficient (Wildman–Crippen LogP) is 3.96. The zero-order valence-electron chi connectivity index (χ0n) is 19.9. The molecule has 1 saturated heterocycles. The van der Waals surface area contributed by atoms with Gasteiger partial charge >= 0.3 is 0 Å². The van der Waals surface area contributed by atoms with Crippen LogP contribution in [0.1, 0.15) is 44.7 Å². The van der Waals surface area contributed by atoms with Crippen molar-refractivity contribution in [2.75, 3.05) is 13.1 Å². The first-order chi connectivity index (χ1) is 17.0. The first-order valence-electron chi connectivity index (χ1n) is 12.0. The summed E-state index contributed by atoms with van der Waals surface area (Å²) in [5.74, 6) is -0.549. The zero-order valence-corrected chi connectivity index (χ0v) is 19.9. The van der Waals surface area contributed by atoms with Gasteiger partial charge in [-0.05, 0) is 55.5 Å². The lowest BCUT2D eigenvalue weighted by atomic mass is 9.88. The third-order valence-electron chi connectivity index (χ3n) is 6.51. The average Bonchev–Trinajstić information content (AvgIpc) is 2.91. The van der Waals surface area contributed by atoms with Gasteiger partial charge in [-0.15, -0.1) is 0 Å². The molecule has 0 radical (unpaired) electrons. The van der Waals surface area contributed by atoms with Crippen molar-refractivity contribution >= 4 is 17.7 Å².